The number of hydrogen-bond acceptors (Lipinski definition) is 1. The maximum atomic E-state index is 5.95. The number of ether oxygens (including phenoxy) is 1. The van der Waals surface area contributed by atoms with Crippen LogP contribution in [-0.2, 0) is 11.2 Å². The second-order valence-corrected chi connectivity index (χ2v) is 6.63. The third-order valence-electron chi connectivity index (χ3n) is 4.93. The third kappa shape index (κ3) is 3.60. The molecule has 1 aromatic rings. The Balaban J connectivity index is 2.04. The molecule has 1 fully saturated rings. The van der Waals surface area contributed by atoms with E-state index in [2.05, 4.69) is 45.0 Å². The van der Waals surface area contributed by atoms with Gasteiger partial charge in [0.15, 0.2) is 0 Å². The zero-order valence-corrected chi connectivity index (χ0v) is 12.9. The number of hydrogen-bond donors (Lipinski definition) is 0. The summed E-state index contributed by atoms with van der Waals surface area (Å²) in [4.78, 5) is 0. The van der Waals surface area contributed by atoms with Crippen LogP contribution in [0.4, 0.5) is 0 Å². The Labute approximate surface area is 118 Å². The van der Waals surface area contributed by atoms with Gasteiger partial charge in [-0.05, 0) is 50.0 Å². The minimum absolute atomic E-state index is 0.0825. The fraction of sp³-hybridized carbons (Fsp3) is 0.667. The highest BCUT2D eigenvalue weighted by Gasteiger charge is 2.36. The summed E-state index contributed by atoms with van der Waals surface area (Å²) in [6.45, 7) is 6.87. The van der Waals surface area contributed by atoms with Crippen LogP contribution in [0, 0.1) is 18.8 Å². The number of aryl methyl sites for hydroxylation is 1. The first-order chi connectivity index (χ1) is 9.04. The molecule has 2 rings (SSSR count). The average molecular weight is 260 g/mol. The van der Waals surface area contributed by atoms with E-state index in [1.165, 1.54) is 36.8 Å². The lowest BCUT2D eigenvalue weighted by Crippen LogP contribution is -2.39. The molecule has 1 aliphatic rings. The number of benzene rings is 1. The monoisotopic (exact) mass is 260 g/mol. The van der Waals surface area contributed by atoms with Crippen LogP contribution in [0.15, 0.2) is 24.3 Å². The first-order valence-electron chi connectivity index (χ1n) is 7.65. The van der Waals surface area contributed by atoms with Crippen LogP contribution in [0.5, 0.6) is 0 Å². The Morgan fingerprint density at radius 1 is 1.26 bits per heavy atom. The Kier molecular flexibility index (Phi) is 4.67. The van der Waals surface area contributed by atoms with Gasteiger partial charge in [0.1, 0.15) is 0 Å². The summed E-state index contributed by atoms with van der Waals surface area (Å²) in [5, 5.41) is 0. The summed E-state index contributed by atoms with van der Waals surface area (Å²) >= 11 is 0. The Morgan fingerprint density at radius 3 is 2.47 bits per heavy atom. The minimum atomic E-state index is 0.0825. The quantitative estimate of drug-likeness (QED) is 0.757. The Bertz CT molecular complexity index is 400. The second kappa shape index (κ2) is 6.09. The first kappa shape index (κ1) is 14.6. The zero-order valence-electron chi connectivity index (χ0n) is 12.9. The SMILES string of the molecule is COC1(Cc2cccc(C)c2)CCC(C(C)C)CC1. The van der Waals surface area contributed by atoms with E-state index in [4.69, 9.17) is 4.74 Å². The maximum absolute atomic E-state index is 5.95. The van der Waals surface area contributed by atoms with E-state index in [1.807, 2.05) is 7.11 Å². The molecule has 0 aliphatic heterocycles. The highest BCUT2D eigenvalue weighted by Crippen LogP contribution is 2.39. The average Bonchev–Trinajstić information content (AvgIpc) is 2.39. The van der Waals surface area contributed by atoms with Gasteiger partial charge in [-0.1, -0.05) is 43.7 Å². The van der Waals surface area contributed by atoms with Crippen molar-refractivity contribution in [2.45, 2.75) is 58.5 Å². The van der Waals surface area contributed by atoms with Gasteiger partial charge in [0.05, 0.1) is 5.60 Å². The molecule has 19 heavy (non-hydrogen) atoms. The summed E-state index contributed by atoms with van der Waals surface area (Å²) in [5.41, 5.74) is 2.85. The molecule has 0 atom stereocenters. The summed E-state index contributed by atoms with van der Waals surface area (Å²) in [6, 6.07) is 8.87. The van der Waals surface area contributed by atoms with Crippen molar-refractivity contribution in [1.82, 2.24) is 0 Å². The standard InChI is InChI=1S/C18H28O/c1-14(2)17-8-10-18(19-4,11-9-17)13-16-7-5-6-15(3)12-16/h5-7,12,14,17H,8-11,13H2,1-4H3. The van der Waals surface area contributed by atoms with Crippen LogP contribution in [0.3, 0.4) is 0 Å². The topological polar surface area (TPSA) is 9.23 Å². The lowest BCUT2D eigenvalue weighted by Gasteiger charge is -2.40. The van der Waals surface area contributed by atoms with Gasteiger partial charge in [-0.2, -0.15) is 0 Å². The van der Waals surface area contributed by atoms with Crippen molar-refractivity contribution in [3.05, 3.63) is 35.4 Å². The molecule has 1 nitrogen and oxygen atoms in total. The van der Waals surface area contributed by atoms with Crippen LogP contribution in [0.2, 0.25) is 0 Å². The molecule has 1 aromatic carbocycles. The molecular weight excluding hydrogens is 232 g/mol. The molecule has 0 unspecified atom stereocenters. The summed E-state index contributed by atoms with van der Waals surface area (Å²) in [5.74, 6) is 1.70. The lowest BCUT2D eigenvalue weighted by molar-refractivity contribution is -0.0525. The molecular formula is C18H28O. The van der Waals surface area contributed by atoms with Crippen LogP contribution in [0.25, 0.3) is 0 Å². The molecule has 106 valence electrons. The Morgan fingerprint density at radius 2 is 1.95 bits per heavy atom. The van der Waals surface area contributed by atoms with Gasteiger partial charge in [-0.3, -0.25) is 0 Å². The zero-order chi connectivity index (χ0) is 13.9. The van der Waals surface area contributed by atoms with Crippen molar-refractivity contribution >= 4 is 0 Å². The van der Waals surface area contributed by atoms with Crippen molar-refractivity contribution in [3.63, 3.8) is 0 Å². The first-order valence-corrected chi connectivity index (χ1v) is 7.65. The molecule has 1 aliphatic carbocycles. The van der Waals surface area contributed by atoms with Crippen LogP contribution < -0.4 is 0 Å². The molecule has 1 heteroatoms. The van der Waals surface area contributed by atoms with Gasteiger partial charge in [-0.15, -0.1) is 0 Å². The molecule has 0 spiro atoms. The van der Waals surface area contributed by atoms with Crippen molar-refractivity contribution in [2.24, 2.45) is 11.8 Å². The van der Waals surface area contributed by atoms with Crippen molar-refractivity contribution in [1.29, 1.82) is 0 Å². The fourth-order valence-electron chi connectivity index (χ4n) is 3.48. The van der Waals surface area contributed by atoms with Gasteiger partial charge in [0.25, 0.3) is 0 Å². The van der Waals surface area contributed by atoms with Gasteiger partial charge in [0.2, 0.25) is 0 Å². The third-order valence-corrected chi connectivity index (χ3v) is 4.93. The van der Waals surface area contributed by atoms with Crippen molar-refractivity contribution in [2.75, 3.05) is 7.11 Å². The molecule has 0 bridgehead atoms. The largest absolute Gasteiger partial charge is 0.378 e. The van der Waals surface area contributed by atoms with E-state index >= 15 is 0 Å². The highest BCUT2D eigenvalue weighted by atomic mass is 16.5. The van der Waals surface area contributed by atoms with Gasteiger partial charge >= 0.3 is 0 Å². The Hall–Kier alpha value is -0.820. The molecule has 1 saturated carbocycles. The fourth-order valence-corrected chi connectivity index (χ4v) is 3.48. The predicted octanol–water partition coefficient (Wildman–Crippen LogP) is 4.77. The van der Waals surface area contributed by atoms with E-state index < -0.39 is 0 Å². The molecule has 0 aromatic heterocycles. The van der Waals surface area contributed by atoms with E-state index in [-0.39, 0.29) is 5.60 Å². The molecule has 0 heterocycles. The predicted molar refractivity (Wildman–Crippen MR) is 81.4 cm³/mol. The van der Waals surface area contributed by atoms with E-state index in [0.29, 0.717) is 0 Å². The van der Waals surface area contributed by atoms with Gasteiger partial charge in [0, 0.05) is 13.5 Å². The molecule has 0 radical (unpaired) electrons. The summed E-state index contributed by atoms with van der Waals surface area (Å²) in [7, 11) is 1.89. The molecule has 0 N–H and O–H groups in total. The van der Waals surface area contributed by atoms with Crippen molar-refractivity contribution in [3.8, 4) is 0 Å². The normalized spacial score (nSPS) is 27.7. The van der Waals surface area contributed by atoms with Crippen LogP contribution in [-0.4, -0.2) is 12.7 Å². The number of rotatable bonds is 4. The highest BCUT2D eigenvalue weighted by molar-refractivity contribution is 5.24. The van der Waals surface area contributed by atoms with Gasteiger partial charge in [-0.25, -0.2) is 0 Å². The van der Waals surface area contributed by atoms with Gasteiger partial charge < -0.3 is 4.74 Å². The van der Waals surface area contributed by atoms with Crippen LogP contribution in [0.1, 0.15) is 50.7 Å². The summed E-state index contributed by atoms with van der Waals surface area (Å²) in [6.07, 6.45) is 6.12. The lowest BCUT2D eigenvalue weighted by atomic mass is 9.72. The smallest absolute Gasteiger partial charge is 0.0719 e. The van der Waals surface area contributed by atoms with E-state index in [0.717, 1.165) is 18.3 Å². The van der Waals surface area contributed by atoms with E-state index in [1.54, 1.807) is 0 Å². The van der Waals surface area contributed by atoms with E-state index in [9.17, 15) is 0 Å². The molecule has 0 amide bonds. The summed E-state index contributed by atoms with van der Waals surface area (Å²) < 4.78 is 5.95. The second-order valence-electron chi connectivity index (χ2n) is 6.63. The minimum Gasteiger partial charge on any atom is -0.378 e. The van der Waals surface area contributed by atoms with Crippen molar-refractivity contribution < 1.29 is 4.74 Å². The van der Waals surface area contributed by atoms with Crippen LogP contribution >= 0.6 is 0 Å². The number of methoxy groups -OCH3 is 1. The maximum Gasteiger partial charge on any atom is 0.0719 e. The molecule has 0 saturated heterocycles.